The topological polar surface area (TPSA) is 109 Å². The second-order valence-electron chi connectivity index (χ2n) is 6.52. The van der Waals surface area contributed by atoms with E-state index in [1.54, 1.807) is 37.3 Å². The number of ketones is 1. The van der Waals surface area contributed by atoms with E-state index in [-0.39, 0.29) is 29.5 Å². The highest BCUT2D eigenvalue weighted by molar-refractivity contribution is 7.90. The number of ether oxygens (including phenoxy) is 2. The predicted octanol–water partition coefficient (Wildman–Crippen LogP) is 1.78. The van der Waals surface area contributed by atoms with Gasteiger partial charge in [0.05, 0.1) is 19.9 Å². The molecule has 8 nitrogen and oxygen atoms in total. The van der Waals surface area contributed by atoms with Crippen LogP contribution < -0.4 is 0 Å². The minimum Gasteiger partial charge on any atom is -0.468 e. The lowest BCUT2D eigenvalue weighted by Gasteiger charge is -2.16. The third-order valence-corrected chi connectivity index (χ3v) is 5.59. The van der Waals surface area contributed by atoms with Gasteiger partial charge in [-0.3, -0.25) is 14.4 Å². The molecule has 2 aromatic rings. The molecule has 0 aliphatic rings. The first-order valence-electron chi connectivity index (χ1n) is 8.77. The molecule has 0 N–H and O–H groups in total. The summed E-state index contributed by atoms with van der Waals surface area (Å²) < 4.78 is 35.2. The second kappa shape index (κ2) is 9.04. The molecule has 9 heteroatoms. The number of benzene rings is 1. The van der Waals surface area contributed by atoms with Crippen molar-refractivity contribution in [2.45, 2.75) is 24.9 Å². The number of aryl methyl sites for hydroxylation is 1. The van der Waals surface area contributed by atoms with E-state index in [0.29, 0.717) is 11.1 Å². The molecule has 29 heavy (non-hydrogen) atoms. The molecule has 0 atom stereocenters. The zero-order valence-electron chi connectivity index (χ0n) is 16.7. The van der Waals surface area contributed by atoms with Gasteiger partial charge in [-0.25, -0.2) is 8.42 Å². The van der Waals surface area contributed by atoms with Crippen molar-refractivity contribution in [3.05, 3.63) is 53.2 Å². The number of aromatic nitrogens is 1. The predicted molar refractivity (Wildman–Crippen MR) is 104 cm³/mol. The van der Waals surface area contributed by atoms with Crippen molar-refractivity contribution in [2.75, 3.05) is 20.5 Å². The van der Waals surface area contributed by atoms with Crippen molar-refractivity contribution in [1.29, 1.82) is 0 Å². The molecule has 1 aromatic heterocycles. The summed E-state index contributed by atoms with van der Waals surface area (Å²) in [7, 11) is -1.39. The van der Waals surface area contributed by atoms with Crippen LogP contribution in [0.4, 0.5) is 0 Å². The molecular weight excluding hydrogens is 398 g/mol. The molecule has 0 saturated carbocycles. The average Bonchev–Trinajstić information content (AvgIpc) is 3.04. The normalized spacial score (nSPS) is 11.3. The van der Waals surface area contributed by atoms with Gasteiger partial charge in [-0.05, 0) is 25.0 Å². The van der Waals surface area contributed by atoms with E-state index in [0.717, 1.165) is 20.5 Å². The number of sulfone groups is 1. The lowest BCUT2D eigenvalue weighted by Crippen LogP contribution is -2.28. The zero-order chi connectivity index (χ0) is 21.8. The van der Waals surface area contributed by atoms with Gasteiger partial charge in [0.25, 0.3) is 0 Å². The number of hydrogen-bond acceptors (Lipinski definition) is 7. The Hall–Kier alpha value is -2.94. The zero-order valence-corrected chi connectivity index (χ0v) is 17.5. The van der Waals surface area contributed by atoms with Crippen LogP contribution in [-0.2, 0) is 35.4 Å². The molecule has 0 amide bonds. The van der Waals surface area contributed by atoms with E-state index in [1.807, 2.05) is 0 Å². The smallest absolute Gasteiger partial charge is 0.320 e. The van der Waals surface area contributed by atoms with Crippen LogP contribution in [0, 0.1) is 12.8 Å². The van der Waals surface area contributed by atoms with E-state index in [9.17, 15) is 22.8 Å². The monoisotopic (exact) mass is 421 g/mol. The first-order valence-corrected chi connectivity index (χ1v) is 10.7. The van der Waals surface area contributed by atoms with Crippen LogP contribution in [0.25, 0.3) is 0 Å². The van der Waals surface area contributed by atoms with Crippen molar-refractivity contribution >= 4 is 27.6 Å². The standard InChI is InChI=1S/C20H23NO7S/c1-13-12-16(29(4,25)26)21(11-10-15(19(23)27-2)20(24)28-3)17(13)18(22)14-8-6-5-7-9-14/h5-9,12,15H,10-11H2,1-4H3. The highest BCUT2D eigenvalue weighted by atomic mass is 32.2. The molecule has 0 saturated heterocycles. The second-order valence-corrected chi connectivity index (χ2v) is 8.48. The molecule has 0 aliphatic heterocycles. The van der Waals surface area contributed by atoms with Crippen LogP contribution in [-0.4, -0.2) is 51.2 Å². The van der Waals surface area contributed by atoms with Crippen LogP contribution >= 0.6 is 0 Å². The summed E-state index contributed by atoms with van der Waals surface area (Å²) in [6.07, 6.45) is 0.943. The van der Waals surface area contributed by atoms with E-state index in [2.05, 4.69) is 9.47 Å². The maximum Gasteiger partial charge on any atom is 0.320 e. The van der Waals surface area contributed by atoms with E-state index >= 15 is 0 Å². The van der Waals surface area contributed by atoms with Gasteiger partial charge in [-0.2, -0.15) is 0 Å². The molecule has 0 fully saturated rings. The van der Waals surface area contributed by atoms with Gasteiger partial charge in [0, 0.05) is 18.4 Å². The van der Waals surface area contributed by atoms with Gasteiger partial charge in [0.15, 0.2) is 15.8 Å². The summed E-state index contributed by atoms with van der Waals surface area (Å²) in [6, 6.07) is 9.85. The lowest BCUT2D eigenvalue weighted by molar-refractivity contribution is -0.159. The lowest BCUT2D eigenvalue weighted by atomic mass is 10.0. The molecule has 2 rings (SSSR count). The van der Waals surface area contributed by atoms with E-state index in [1.165, 1.54) is 10.6 Å². The Morgan fingerprint density at radius 2 is 1.59 bits per heavy atom. The number of carbonyl (C=O) groups excluding carboxylic acids is 3. The third-order valence-electron chi connectivity index (χ3n) is 4.49. The fraction of sp³-hybridized carbons (Fsp3) is 0.350. The highest BCUT2D eigenvalue weighted by Crippen LogP contribution is 2.24. The van der Waals surface area contributed by atoms with Crippen LogP contribution in [0.15, 0.2) is 41.4 Å². The summed E-state index contributed by atoms with van der Waals surface area (Å²) in [5.74, 6) is -3.18. The molecule has 1 heterocycles. The van der Waals surface area contributed by atoms with Crippen LogP contribution in [0.1, 0.15) is 28.0 Å². The molecule has 0 unspecified atom stereocenters. The molecule has 156 valence electrons. The maximum atomic E-state index is 13.1. The van der Waals surface area contributed by atoms with E-state index in [4.69, 9.17) is 0 Å². The third kappa shape index (κ3) is 4.92. The first kappa shape index (κ1) is 22.4. The van der Waals surface area contributed by atoms with Crippen LogP contribution in [0.3, 0.4) is 0 Å². The number of nitrogens with zero attached hydrogens (tertiary/aromatic N) is 1. The Labute approximate surface area is 169 Å². The summed E-state index contributed by atoms with van der Waals surface area (Å²) in [5.41, 5.74) is 1.06. The van der Waals surface area contributed by atoms with Crippen LogP contribution in [0.5, 0.6) is 0 Å². The highest BCUT2D eigenvalue weighted by Gasteiger charge is 2.31. The number of hydrogen-bond donors (Lipinski definition) is 0. The number of esters is 2. The molecule has 1 aromatic carbocycles. The Bertz CT molecular complexity index is 1010. The Balaban J connectivity index is 2.52. The van der Waals surface area contributed by atoms with Gasteiger partial charge < -0.3 is 14.0 Å². The number of methoxy groups -OCH3 is 2. The minimum absolute atomic E-state index is 0.0669. The van der Waals surface area contributed by atoms with Gasteiger partial charge in [-0.1, -0.05) is 30.3 Å². The fourth-order valence-corrected chi connectivity index (χ4v) is 4.06. The van der Waals surface area contributed by atoms with Gasteiger partial charge >= 0.3 is 11.9 Å². The molecule has 0 aliphatic carbocycles. The van der Waals surface area contributed by atoms with Crippen LogP contribution in [0.2, 0.25) is 0 Å². The summed E-state index contributed by atoms with van der Waals surface area (Å²) in [4.78, 5) is 36.9. The summed E-state index contributed by atoms with van der Waals surface area (Å²) >= 11 is 0. The molecule has 0 bridgehead atoms. The summed E-state index contributed by atoms with van der Waals surface area (Å²) in [5, 5.41) is -0.0669. The molecular formula is C20H23NO7S. The molecule has 0 radical (unpaired) electrons. The minimum atomic E-state index is -3.67. The quantitative estimate of drug-likeness (QED) is 0.363. The largest absolute Gasteiger partial charge is 0.468 e. The van der Waals surface area contributed by atoms with Gasteiger partial charge in [-0.15, -0.1) is 0 Å². The Kier molecular flexibility index (Phi) is 6.97. The van der Waals surface area contributed by atoms with Crippen molar-refractivity contribution in [3.8, 4) is 0 Å². The molecule has 0 spiro atoms. The average molecular weight is 421 g/mol. The first-order chi connectivity index (χ1) is 13.6. The summed E-state index contributed by atoms with van der Waals surface area (Å²) in [6.45, 7) is 1.57. The fourth-order valence-electron chi connectivity index (χ4n) is 3.09. The maximum absolute atomic E-state index is 13.1. The van der Waals surface area contributed by atoms with Crippen molar-refractivity contribution in [3.63, 3.8) is 0 Å². The van der Waals surface area contributed by atoms with Gasteiger partial charge in [0.2, 0.25) is 5.78 Å². The van der Waals surface area contributed by atoms with Gasteiger partial charge in [0.1, 0.15) is 5.03 Å². The van der Waals surface area contributed by atoms with Crippen molar-refractivity contribution < 1.29 is 32.3 Å². The Morgan fingerprint density at radius 3 is 2.07 bits per heavy atom. The van der Waals surface area contributed by atoms with Crippen molar-refractivity contribution in [2.24, 2.45) is 5.92 Å². The van der Waals surface area contributed by atoms with E-state index < -0.39 is 27.7 Å². The number of rotatable bonds is 8. The van der Waals surface area contributed by atoms with Crippen molar-refractivity contribution in [1.82, 2.24) is 4.57 Å². The number of carbonyl (C=O) groups is 3. The Morgan fingerprint density at radius 1 is 1.03 bits per heavy atom. The SMILES string of the molecule is COC(=O)C(CCn1c(S(C)(=O)=O)cc(C)c1C(=O)c1ccccc1)C(=O)OC.